The van der Waals surface area contributed by atoms with Gasteiger partial charge in [-0.3, -0.25) is 4.79 Å². The number of hydrogen-bond acceptors (Lipinski definition) is 3. The third-order valence-corrected chi connectivity index (χ3v) is 4.18. The summed E-state index contributed by atoms with van der Waals surface area (Å²) in [4.78, 5) is 14.4. The Bertz CT molecular complexity index is 539. The Kier molecular flexibility index (Phi) is 5.34. The second-order valence-electron chi connectivity index (χ2n) is 5.91. The van der Waals surface area contributed by atoms with Crippen LogP contribution in [-0.2, 0) is 4.79 Å². The van der Waals surface area contributed by atoms with Crippen molar-refractivity contribution in [1.29, 1.82) is 0 Å². The third kappa shape index (κ3) is 3.94. The average Bonchev–Trinajstić information content (AvgIpc) is 2.78. The van der Waals surface area contributed by atoms with Gasteiger partial charge in [0.05, 0.1) is 12.0 Å². The number of ether oxygens (including phenoxy) is 1. The van der Waals surface area contributed by atoms with Gasteiger partial charge in [0.2, 0.25) is 5.91 Å². The van der Waals surface area contributed by atoms with Gasteiger partial charge in [0.15, 0.2) is 11.6 Å². The summed E-state index contributed by atoms with van der Waals surface area (Å²) in [6.07, 6.45) is 0.837. The van der Waals surface area contributed by atoms with Crippen LogP contribution in [0.3, 0.4) is 0 Å². The summed E-state index contributed by atoms with van der Waals surface area (Å²) < 4.78 is 31.5. The van der Waals surface area contributed by atoms with Crippen molar-refractivity contribution < 1.29 is 18.3 Å². The van der Waals surface area contributed by atoms with Gasteiger partial charge in [0.1, 0.15) is 12.4 Å². The molecule has 22 heavy (non-hydrogen) atoms. The first kappa shape index (κ1) is 16.7. The Balaban J connectivity index is 1.82. The van der Waals surface area contributed by atoms with Crippen LogP contribution in [0.15, 0.2) is 18.2 Å². The fourth-order valence-corrected chi connectivity index (χ4v) is 2.64. The van der Waals surface area contributed by atoms with Crippen LogP contribution in [-0.4, -0.2) is 43.1 Å². The lowest BCUT2D eigenvalue weighted by atomic mass is 10.0. The van der Waals surface area contributed by atoms with E-state index in [4.69, 9.17) is 4.74 Å². The highest BCUT2D eigenvalue weighted by molar-refractivity contribution is 5.80. The maximum atomic E-state index is 13.4. The van der Waals surface area contributed by atoms with Crippen molar-refractivity contribution in [3.63, 3.8) is 0 Å². The number of hydrogen-bond donors (Lipinski definition) is 1. The molecule has 3 unspecified atom stereocenters. The summed E-state index contributed by atoms with van der Waals surface area (Å²) in [5.41, 5.74) is 0. The summed E-state index contributed by atoms with van der Waals surface area (Å²) in [6, 6.07) is 3.11. The Labute approximate surface area is 129 Å². The minimum absolute atomic E-state index is 0.00692. The molecule has 1 aliphatic rings. The number of rotatable bonds is 5. The maximum absolute atomic E-state index is 13.4. The van der Waals surface area contributed by atoms with Gasteiger partial charge in [0, 0.05) is 12.1 Å². The zero-order valence-electron chi connectivity index (χ0n) is 13.1. The predicted molar refractivity (Wildman–Crippen MR) is 79.7 cm³/mol. The zero-order valence-corrected chi connectivity index (χ0v) is 13.1. The summed E-state index contributed by atoms with van der Waals surface area (Å²) >= 11 is 0. The summed E-state index contributed by atoms with van der Waals surface area (Å²) in [5.74, 6) is -1.45. The zero-order chi connectivity index (χ0) is 16.3. The first-order valence-corrected chi connectivity index (χ1v) is 7.47. The molecule has 1 fully saturated rings. The Hall–Kier alpha value is -1.69. The molecule has 122 valence electrons. The number of halogens is 2. The smallest absolute Gasteiger partial charge is 0.225 e. The molecular weight excluding hydrogens is 290 g/mol. The molecule has 1 aromatic rings. The Morgan fingerprint density at radius 1 is 1.50 bits per heavy atom. The summed E-state index contributed by atoms with van der Waals surface area (Å²) in [6.45, 7) is 4.87. The van der Waals surface area contributed by atoms with Gasteiger partial charge >= 0.3 is 0 Å². The number of carbonyl (C=O) groups excluding carboxylic acids is 1. The van der Waals surface area contributed by atoms with Crippen LogP contribution in [0.4, 0.5) is 8.78 Å². The third-order valence-electron chi connectivity index (χ3n) is 4.18. The molecule has 1 N–H and O–H groups in total. The molecule has 1 amide bonds. The number of benzene rings is 1. The molecule has 1 saturated heterocycles. The number of nitrogens with one attached hydrogen (secondary N) is 1. The molecule has 1 aromatic carbocycles. The van der Waals surface area contributed by atoms with Crippen LogP contribution >= 0.6 is 0 Å². The molecule has 0 saturated carbocycles. The lowest BCUT2D eigenvalue weighted by Crippen LogP contribution is -2.43. The van der Waals surface area contributed by atoms with Gasteiger partial charge in [-0.25, -0.2) is 8.78 Å². The van der Waals surface area contributed by atoms with Gasteiger partial charge in [-0.05, 0) is 46.0 Å². The first-order chi connectivity index (χ1) is 10.4. The van der Waals surface area contributed by atoms with Crippen LogP contribution in [0.5, 0.6) is 5.75 Å². The lowest BCUT2D eigenvalue weighted by molar-refractivity contribution is -0.126. The topological polar surface area (TPSA) is 41.6 Å². The minimum atomic E-state index is -0.746. The minimum Gasteiger partial charge on any atom is -0.488 e. The van der Waals surface area contributed by atoms with Crippen LogP contribution in [0.2, 0.25) is 0 Å². The van der Waals surface area contributed by atoms with Crippen LogP contribution in [0, 0.1) is 17.6 Å². The molecular formula is C16H22F2N2O2. The molecule has 3 atom stereocenters. The maximum Gasteiger partial charge on any atom is 0.225 e. The highest BCUT2D eigenvalue weighted by Crippen LogP contribution is 2.22. The lowest BCUT2D eigenvalue weighted by Gasteiger charge is -2.22. The Morgan fingerprint density at radius 3 is 2.82 bits per heavy atom. The van der Waals surface area contributed by atoms with E-state index in [2.05, 4.69) is 10.2 Å². The molecule has 0 aromatic heterocycles. The fourth-order valence-electron chi connectivity index (χ4n) is 2.64. The SMILES string of the molecule is CC(COc1ccc(F)cc1F)NC(=O)C1CCN(C)C1C. The summed E-state index contributed by atoms with van der Waals surface area (Å²) in [5, 5.41) is 2.89. The average molecular weight is 312 g/mol. The molecule has 0 aliphatic carbocycles. The second-order valence-corrected chi connectivity index (χ2v) is 5.91. The van der Waals surface area contributed by atoms with E-state index < -0.39 is 11.6 Å². The number of nitrogens with zero attached hydrogens (tertiary/aromatic N) is 1. The first-order valence-electron chi connectivity index (χ1n) is 7.47. The van der Waals surface area contributed by atoms with E-state index in [1.165, 1.54) is 6.07 Å². The molecule has 2 rings (SSSR count). The van der Waals surface area contributed by atoms with Crippen molar-refractivity contribution in [2.45, 2.75) is 32.4 Å². The van der Waals surface area contributed by atoms with Crippen molar-refractivity contribution in [2.75, 3.05) is 20.2 Å². The Morgan fingerprint density at radius 2 is 2.23 bits per heavy atom. The number of carbonyl (C=O) groups is 1. The van der Waals surface area contributed by atoms with Crippen LogP contribution in [0.1, 0.15) is 20.3 Å². The van der Waals surface area contributed by atoms with Crippen molar-refractivity contribution in [1.82, 2.24) is 10.2 Å². The molecule has 0 spiro atoms. The van der Waals surface area contributed by atoms with E-state index in [1.807, 2.05) is 14.0 Å². The number of amides is 1. The highest BCUT2D eigenvalue weighted by atomic mass is 19.1. The van der Waals surface area contributed by atoms with Gasteiger partial charge in [-0.1, -0.05) is 0 Å². The van der Waals surface area contributed by atoms with Crippen molar-refractivity contribution in [3.8, 4) is 5.75 Å². The molecule has 1 heterocycles. The van der Waals surface area contributed by atoms with E-state index in [0.29, 0.717) is 0 Å². The standard InChI is InChI=1S/C16H22F2N2O2/c1-10(9-22-15-5-4-12(17)8-14(15)18)19-16(21)13-6-7-20(3)11(13)2/h4-5,8,10-11,13H,6-7,9H2,1-3H3,(H,19,21). The van der Waals surface area contributed by atoms with Crippen LogP contribution < -0.4 is 10.1 Å². The molecule has 6 heteroatoms. The van der Waals surface area contributed by atoms with E-state index in [-0.39, 0.29) is 36.3 Å². The van der Waals surface area contributed by atoms with Gasteiger partial charge in [-0.15, -0.1) is 0 Å². The monoisotopic (exact) mass is 312 g/mol. The van der Waals surface area contributed by atoms with Gasteiger partial charge < -0.3 is 15.0 Å². The largest absolute Gasteiger partial charge is 0.488 e. The highest BCUT2D eigenvalue weighted by Gasteiger charge is 2.33. The van der Waals surface area contributed by atoms with Gasteiger partial charge in [-0.2, -0.15) is 0 Å². The normalized spacial score (nSPS) is 23.3. The predicted octanol–water partition coefficient (Wildman–Crippen LogP) is 2.19. The van der Waals surface area contributed by atoms with Crippen molar-refractivity contribution >= 4 is 5.91 Å². The number of likely N-dealkylation sites (tertiary alicyclic amines) is 1. The molecule has 0 radical (unpaired) electrons. The fraction of sp³-hybridized carbons (Fsp3) is 0.562. The molecule has 0 bridgehead atoms. The summed E-state index contributed by atoms with van der Waals surface area (Å²) in [7, 11) is 2.00. The van der Waals surface area contributed by atoms with E-state index >= 15 is 0 Å². The van der Waals surface area contributed by atoms with E-state index in [0.717, 1.165) is 25.1 Å². The molecule has 4 nitrogen and oxygen atoms in total. The quantitative estimate of drug-likeness (QED) is 0.906. The van der Waals surface area contributed by atoms with E-state index in [1.54, 1.807) is 6.92 Å². The molecule has 1 aliphatic heterocycles. The van der Waals surface area contributed by atoms with Crippen LogP contribution in [0.25, 0.3) is 0 Å². The van der Waals surface area contributed by atoms with Gasteiger partial charge in [0.25, 0.3) is 0 Å². The second kappa shape index (κ2) is 7.05. The van der Waals surface area contributed by atoms with Crippen molar-refractivity contribution in [3.05, 3.63) is 29.8 Å². The van der Waals surface area contributed by atoms with E-state index in [9.17, 15) is 13.6 Å². The van der Waals surface area contributed by atoms with Crippen molar-refractivity contribution in [2.24, 2.45) is 5.92 Å².